The smallest absolute Gasteiger partial charge is 0.149 e. The van der Waals surface area contributed by atoms with E-state index in [-0.39, 0.29) is 0 Å². The van der Waals surface area contributed by atoms with Crippen LogP contribution in [0.5, 0.6) is 0 Å². The summed E-state index contributed by atoms with van der Waals surface area (Å²) < 4.78 is 1.16. The molecular weight excluding hydrogens is 236 g/mol. The summed E-state index contributed by atoms with van der Waals surface area (Å²) in [5.74, 6) is 1.12. The minimum Gasteiger partial charge on any atom is -0.399 e. The van der Waals surface area contributed by atoms with Crippen LogP contribution in [0.15, 0.2) is 40.2 Å². The summed E-state index contributed by atoms with van der Waals surface area (Å²) in [4.78, 5) is 4.24. The zero-order valence-corrected chi connectivity index (χ0v) is 10.6. The maximum Gasteiger partial charge on any atom is 0.149 e. The molecule has 1 aromatic heterocycles. The van der Waals surface area contributed by atoms with E-state index in [9.17, 15) is 0 Å². The molecule has 0 atom stereocenters. The fraction of sp³-hybridized carbons (Fsp3) is 0.250. The number of nitrogen functional groups attached to an aromatic ring is 1. The Balaban J connectivity index is 1.70. The molecule has 2 aromatic rings. The van der Waals surface area contributed by atoms with Gasteiger partial charge in [0, 0.05) is 23.0 Å². The lowest BCUT2D eigenvalue weighted by atomic mass is 10.1. The second-order valence-corrected chi connectivity index (χ2v) is 5.73. The third-order valence-electron chi connectivity index (χ3n) is 2.22. The Kier molecular flexibility index (Phi) is 4.25. The predicted molar refractivity (Wildman–Crippen MR) is 72.0 cm³/mol. The second kappa shape index (κ2) is 5.92. The maximum atomic E-state index is 5.63. The molecule has 0 bridgehead atoms. The van der Waals surface area contributed by atoms with Gasteiger partial charge in [-0.15, -0.1) is 11.3 Å². The van der Waals surface area contributed by atoms with Crippen molar-refractivity contribution in [1.29, 1.82) is 0 Å². The van der Waals surface area contributed by atoms with E-state index >= 15 is 0 Å². The van der Waals surface area contributed by atoms with Crippen molar-refractivity contribution in [3.63, 3.8) is 0 Å². The van der Waals surface area contributed by atoms with E-state index in [0.29, 0.717) is 0 Å². The third-order valence-corrected chi connectivity index (χ3v) is 4.28. The molecule has 0 unspecified atom stereocenters. The van der Waals surface area contributed by atoms with E-state index in [1.165, 1.54) is 12.0 Å². The molecule has 84 valence electrons. The van der Waals surface area contributed by atoms with Gasteiger partial charge in [0.1, 0.15) is 4.34 Å². The topological polar surface area (TPSA) is 38.9 Å². The highest BCUT2D eigenvalue weighted by molar-refractivity contribution is 8.00. The molecule has 0 aliphatic heterocycles. The molecule has 0 saturated carbocycles. The Bertz CT molecular complexity index is 409. The van der Waals surface area contributed by atoms with E-state index in [2.05, 4.69) is 17.1 Å². The van der Waals surface area contributed by atoms with Crippen molar-refractivity contribution in [2.75, 3.05) is 11.5 Å². The summed E-state index contributed by atoms with van der Waals surface area (Å²) in [5.41, 5.74) is 7.82. The van der Waals surface area contributed by atoms with Gasteiger partial charge in [-0.2, -0.15) is 0 Å². The first-order valence-electron chi connectivity index (χ1n) is 5.21. The van der Waals surface area contributed by atoms with Gasteiger partial charge in [0.15, 0.2) is 0 Å². The minimum absolute atomic E-state index is 0.834. The number of nitrogens with zero attached hydrogens (tertiary/aromatic N) is 1. The summed E-state index contributed by atoms with van der Waals surface area (Å²) in [5, 5.41) is 2.02. The van der Waals surface area contributed by atoms with Gasteiger partial charge in [-0.25, -0.2) is 4.98 Å². The number of hydrogen-bond donors (Lipinski definition) is 1. The molecular formula is C12H14N2S2. The zero-order valence-electron chi connectivity index (χ0n) is 8.93. The molecule has 2 rings (SSSR count). The number of benzene rings is 1. The molecule has 16 heavy (non-hydrogen) atoms. The van der Waals surface area contributed by atoms with Crippen LogP contribution in [0.4, 0.5) is 5.69 Å². The maximum absolute atomic E-state index is 5.63. The van der Waals surface area contributed by atoms with Crippen LogP contribution in [0.3, 0.4) is 0 Å². The van der Waals surface area contributed by atoms with Crippen LogP contribution >= 0.6 is 23.1 Å². The van der Waals surface area contributed by atoms with Crippen LogP contribution < -0.4 is 5.73 Å². The lowest BCUT2D eigenvalue weighted by Crippen LogP contribution is -1.89. The van der Waals surface area contributed by atoms with Gasteiger partial charge in [0.05, 0.1) is 0 Å². The first-order chi connectivity index (χ1) is 7.84. The predicted octanol–water partition coefficient (Wildman–Crippen LogP) is 3.45. The highest BCUT2D eigenvalue weighted by Crippen LogP contribution is 2.21. The van der Waals surface area contributed by atoms with Crippen LogP contribution in [0, 0.1) is 0 Å². The molecule has 0 radical (unpaired) electrons. The quantitative estimate of drug-likeness (QED) is 0.502. The molecule has 0 aliphatic rings. The van der Waals surface area contributed by atoms with Crippen molar-refractivity contribution in [3.8, 4) is 0 Å². The summed E-state index contributed by atoms with van der Waals surface area (Å²) >= 11 is 3.54. The lowest BCUT2D eigenvalue weighted by Gasteiger charge is -2.01. The number of thioether (sulfide) groups is 1. The summed E-state index contributed by atoms with van der Waals surface area (Å²) in [6.07, 6.45) is 4.14. The molecule has 0 amide bonds. The van der Waals surface area contributed by atoms with Gasteiger partial charge in [0.2, 0.25) is 0 Å². The van der Waals surface area contributed by atoms with Gasteiger partial charge in [0.25, 0.3) is 0 Å². The average molecular weight is 250 g/mol. The molecule has 2 N–H and O–H groups in total. The molecule has 1 aromatic carbocycles. The monoisotopic (exact) mass is 250 g/mol. The SMILES string of the molecule is Nc1ccc(CCCSc2nccs2)cc1. The number of aromatic nitrogens is 1. The Morgan fingerprint density at radius 2 is 2.06 bits per heavy atom. The molecule has 0 fully saturated rings. The highest BCUT2D eigenvalue weighted by atomic mass is 32.2. The van der Waals surface area contributed by atoms with Crippen LogP contribution in [0.25, 0.3) is 0 Å². The summed E-state index contributed by atoms with van der Waals surface area (Å²) in [6.45, 7) is 0. The molecule has 4 heteroatoms. The lowest BCUT2D eigenvalue weighted by molar-refractivity contribution is 0.933. The van der Waals surface area contributed by atoms with Crippen molar-refractivity contribution in [2.45, 2.75) is 17.2 Å². The molecule has 0 aliphatic carbocycles. The van der Waals surface area contributed by atoms with Gasteiger partial charge >= 0.3 is 0 Å². The fourth-order valence-electron chi connectivity index (χ4n) is 1.40. The first kappa shape index (κ1) is 11.5. The van der Waals surface area contributed by atoms with Gasteiger partial charge in [-0.1, -0.05) is 23.9 Å². The van der Waals surface area contributed by atoms with Crippen molar-refractivity contribution in [1.82, 2.24) is 4.98 Å². The van der Waals surface area contributed by atoms with Crippen LogP contribution in [-0.4, -0.2) is 10.7 Å². The average Bonchev–Trinajstić information content (AvgIpc) is 2.80. The zero-order chi connectivity index (χ0) is 11.2. The Morgan fingerprint density at radius 1 is 1.25 bits per heavy atom. The van der Waals surface area contributed by atoms with Crippen LogP contribution in [0.2, 0.25) is 0 Å². The second-order valence-electron chi connectivity index (χ2n) is 3.49. The Hall–Kier alpha value is -1.00. The van der Waals surface area contributed by atoms with E-state index in [4.69, 9.17) is 5.73 Å². The number of rotatable bonds is 5. The third kappa shape index (κ3) is 3.54. The molecule has 1 heterocycles. The van der Waals surface area contributed by atoms with E-state index in [0.717, 1.165) is 22.2 Å². The molecule has 2 nitrogen and oxygen atoms in total. The van der Waals surface area contributed by atoms with Gasteiger partial charge in [-0.3, -0.25) is 0 Å². The number of aryl methyl sites for hydroxylation is 1. The van der Waals surface area contributed by atoms with Crippen molar-refractivity contribution in [2.24, 2.45) is 0 Å². The normalized spacial score (nSPS) is 10.5. The number of anilines is 1. The number of thiazole rings is 1. The highest BCUT2D eigenvalue weighted by Gasteiger charge is 1.97. The van der Waals surface area contributed by atoms with Gasteiger partial charge in [-0.05, 0) is 30.5 Å². The van der Waals surface area contributed by atoms with E-state index in [1.807, 2.05) is 35.5 Å². The molecule has 0 saturated heterocycles. The van der Waals surface area contributed by atoms with E-state index < -0.39 is 0 Å². The standard InChI is InChI=1S/C12H14N2S2/c13-11-5-3-10(4-6-11)2-1-8-15-12-14-7-9-16-12/h3-7,9H,1-2,8,13H2. The Morgan fingerprint density at radius 3 is 2.75 bits per heavy atom. The number of hydrogen-bond acceptors (Lipinski definition) is 4. The van der Waals surface area contributed by atoms with Crippen LogP contribution in [-0.2, 0) is 6.42 Å². The minimum atomic E-state index is 0.834. The van der Waals surface area contributed by atoms with E-state index in [1.54, 1.807) is 11.3 Å². The first-order valence-corrected chi connectivity index (χ1v) is 7.08. The summed E-state index contributed by atoms with van der Waals surface area (Å²) in [7, 11) is 0. The van der Waals surface area contributed by atoms with Gasteiger partial charge < -0.3 is 5.73 Å². The Labute approximate surface area is 104 Å². The van der Waals surface area contributed by atoms with Crippen molar-refractivity contribution >= 4 is 28.8 Å². The molecule has 0 spiro atoms. The van der Waals surface area contributed by atoms with Crippen molar-refractivity contribution in [3.05, 3.63) is 41.4 Å². The number of nitrogens with two attached hydrogens (primary N) is 1. The van der Waals surface area contributed by atoms with Crippen LogP contribution in [0.1, 0.15) is 12.0 Å². The largest absolute Gasteiger partial charge is 0.399 e. The van der Waals surface area contributed by atoms with Crippen molar-refractivity contribution < 1.29 is 0 Å². The summed E-state index contributed by atoms with van der Waals surface area (Å²) in [6, 6.07) is 8.12. The fourth-order valence-corrected chi connectivity index (χ4v) is 3.05.